The van der Waals surface area contributed by atoms with Gasteiger partial charge in [0.25, 0.3) is 5.91 Å². The molecule has 1 atom stereocenters. The molecule has 2 aromatic carbocycles. The van der Waals surface area contributed by atoms with Crippen molar-refractivity contribution >= 4 is 16.9 Å². The molecule has 1 aromatic heterocycles. The standard InChI is InChI=1S/C21H22N4O2/c1-14(2)11-18(21-24-16-8-4-5-9-17(16)25-21)23-20(26)13-27-19-10-6-3-7-15(19)12-22/h3-10,14,18H,11,13H2,1-2H3,(H,23,26)(H,24,25). The van der Waals surface area contributed by atoms with Crippen molar-refractivity contribution in [3.63, 3.8) is 0 Å². The summed E-state index contributed by atoms with van der Waals surface area (Å²) in [5.41, 5.74) is 2.21. The van der Waals surface area contributed by atoms with Crippen LogP contribution < -0.4 is 10.1 Å². The second-order valence-electron chi connectivity index (χ2n) is 6.79. The zero-order chi connectivity index (χ0) is 19.2. The number of hydrogen-bond donors (Lipinski definition) is 2. The first-order valence-electron chi connectivity index (χ1n) is 8.92. The van der Waals surface area contributed by atoms with E-state index in [1.807, 2.05) is 24.3 Å². The van der Waals surface area contributed by atoms with Crippen molar-refractivity contribution in [1.29, 1.82) is 5.26 Å². The predicted molar refractivity (Wildman–Crippen MR) is 103 cm³/mol. The second kappa shape index (κ2) is 8.37. The largest absolute Gasteiger partial charge is 0.482 e. The van der Waals surface area contributed by atoms with Crippen molar-refractivity contribution in [3.05, 3.63) is 59.9 Å². The Balaban J connectivity index is 1.70. The van der Waals surface area contributed by atoms with E-state index in [0.29, 0.717) is 17.2 Å². The topological polar surface area (TPSA) is 90.8 Å². The van der Waals surface area contributed by atoms with Gasteiger partial charge >= 0.3 is 0 Å². The molecule has 1 unspecified atom stereocenters. The van der Waals surface area contributed by atoms with Crippen LogP contribution in [-0.4, -0.2) is 22.5 Å². The van der Waals surface area contributed by atoms with E-state index in [2.05, 4.69) is 35.2 Å². The Hall–Kier alpha value is -3.33. The Kier molecular flexibility index (Phi) is 5.72. The van der Waals surface area contributed by atoms with Crippen LogP contribution in [0.25, 0.3) is 11.0 Å². The molecule has 2 N–H and O–H groups in total. The number of ether oxygens (including phenoxy) is 1. The maximum atomic E-state index is 12.4. The lowest BCUT2D eigenvalue weighted by atomic mass is 10.0. The molecule has 1 amide bonds. The fourth-order valence-corrected chi connectivity index (χ4v) is 2.91. The predicted octanol–water partition coefficient (Wildman–Crippen LogP) is 3.72. The van der Waals surface area contributed by atoms with Crippen LogP contribution in [0.3, 0.4) is 0 Å². The van der Waals surface area contributed by atoms with Gasteiger partial charge in [0.05, 0.1) is 22.6 Å². The lowest BCUT2D eigenvalue weighted by Gasteiger charge is -2.19. The van der Waals surface area contributed by atoms with E-state index >= 15 is 0 Å². The Morgan fingerprint density at radius 1 is 1.22 bits per heavy atom. The van der Waals surface area contributed by atoms with Gasteiger partial charge in [-0.05, 0) is 36.6 Å². The molecular formula is C21H22N4O2. The van der Waals surface area contributed by atoms with Crippen molar-refractivity contribution in [2.45, 2.75) is 26.3 Å². The zero-order valence-electron chi connectivity index (χ0n) is 15.4. The highest BCUT2D eigenvalue weighted by Crippen LogP contribution is 2.22. The third-order valence-electron chi connectivity index (χ3n) is 4.15. The summed E-state index contributed by atoms with van der Waals surface area (Å²) in [6.07, 6.45) is 0.750. The van der Waals surface area contributed by atoms with Gasteiger partial charge in [-0.3, -0.25) is 4.79 Å². The summed E-state index contributed by atoms with van der Waals surface area (Å²) in [5, 5.41) is 12.1. The van der Waals surface area contributed by atoms with E-state index < -0.39 is 0 Å². The van der Waals surface area contributed by atoms with Gasteiger partial charge in [0.1, 0.15) is 17.6 Å². The highest BCUT2D eigenvalue weighted by molar-refractivity contribution is 5.78. The fraction of sp³-hybridized carbons (Fsp3) is 0.286. The number of nitriles is 1. The van der Waals surface area contributed by atoms with Gasteiger partial charge in [0.2, 0.25) is 0 Å². The number of H-pyrrole nitrogens is 1. The van der Waals surface area contributed by atoms with Crippen LogP contribution in [0.4, 0.5) is 0 Å². The molecule has 0 aliphatic rings. The lowest BCUT2D eigenvalue weighted by molar-refractivity contribution is -0.124. The number of nitrogens with zero attached hydrogens (tertiary/aromatic N) is 2. The maximum absolute atomic E-state index is 12.4. The van der Waals surface area contributed by atoms with Gasteiger partial charge in [-0.1, -0.05) is 38.1 Å². The van der Waals surface area contributed by atoms with E-state index in [-0.39, 0.29) is 18.6 Å². The number of rotatable bonds is 7. The number of nitrogens with one attached hydrogen (secondary N) is 2. The molecule has 138 valence electrons. The quantitative estimate of drug-likeness (QED) is 0.670. The number of imidazole rings is 1. The van der Waals surface area contributed by atoms with Gasteiger partial charge in [-0.25, -0.2) is 4.98 Å². The number of aromatic amines is 1. The van der Waals surface area contributed by atoms with Crippen LogP contribution in [0.5, 0.6) is 5.75 Å². The molecule has 0 fully saturated rings. The number of carbonyl (C=O) groups is 1. The molecule has 0 spiro atoms. The number of benzene rings is 2. The van der Waals surface area contributed by atoms with E-state index in [1.165, 1.54) is 0 Å². The van der Waals surface area contributed by atoms with Crippen molar-refractivity contribution in [3.8, 4) is 11.8 Å². The van der Waals surface area contributed by atoms with E-state index in [9.17, 15) is 4.79 Å². The summed E-state index contributed by atoms with van der Waals surface area (Å²) in [4.78, 5) is 20.3. The monoisotopic (exact) mass is 362 g/mol. The molecule has 0 saturated carbocycles. The summed E-state index contributed by atoms with van der Waals surface area (Å²) < 4.78 is 5.53. The van der Waals surface area contributed by atoms with Crippen molar-refractivity contribution in [1.82, 2.24) is 15.3 Å². The Labute approximate surface area is 158 Å². The third kappa shape index (κ3) is 4.64. The normalized spacial score (nSPS) is 11.9. The number of para-hydroxylation sites is 3. The number of hydrogen-bond acceptors (Lipinski definition) is 4. The summed E-state index contributed by atoms with van der Waals surface area (Å²) in [7, 11) is 0. The molecule has 3 aromatic rings. The lowest BCUT2D eigenvalue weighted by Crippen LogP contribution is -2.34. The molecule has 27 heavy (non-hydrogen) atoms. The molecular weight excluding hydrogens is 340 g/mol. The minimum atomic E-state index is -0.256. The van der Waals surface area contributed by atoms with Crippen LogP contribution in [0.2, 0.25) is 0 Å². The van der Waals surface area contributed by atoms with Gasteiger partial charge in [-0.2, -0.15) is 5.26 Å². The van der Waals surface area contributed by atoms with Crippen molar-refractivity contribution in [2.24, 2.45) is 5.92 Å². The summed E-state index contributed by atoms with van der Waals surface area (Å²) in [6, 6.07) is 16.5. The molecule has 3 rings (SSSR count). The molecule has 0 bridgehead atoms. The molecule has 0 radical (unpaired) electrons. The van der Waals surface area contributed by atoms with Crippen LogP contribution in [0, 0.1) is 17.2 Å². The van der Waals surface area contributed by atoms with Gasteiger partial charge in [0, 0.05) is 0 Å². The molecule has 1 heterocycles. The Bertz CT molecular complexity index is 938. The first-order chi connectivity index (χ1) is 13.1. The van der Waals surface area contributed by atoms with Gasteiger partial charge in [0.15, 0.2) is 6.61 Å². The van der Waals surface area contributed by atoms with Crippen LogP contribution in [0.15, 0.2) is 48.5 Å². The molecule has 6 nitrogen and oxygen atoms in total. The van der Waals surface area contributed by atoms with E-state index in [4.69, 9.17) is 10.00 Å². The smallest absolute Gasteiger partial charge is 0.258 e. The minimum absolute atomic E-state index is 0.159. The zero-order valence-corrected chi connectivity index (χ0v) is 15.4. The number of amides is 1. The fourth-order valence-electron chi connectivity index (χ4n) is 2.91. The average molecular weight is 362 g/mol. The van der Waals surface area contributed by atoms with Crippen LogP contribution >= 0.6 is 0 Å². The minimum Gasteiger partial charge on any atom is -0.482 e. The van der Waals surface area contributed by atoms with Crippen molar-refractivity contribution in [2.75, 3.05) is 6.61 Å². The molecule has 0 saturated heterocycles. The van der Waals surface area contributed by atoms with E-state index in [0.717, 1.165) is 23.3 Å². The number of fused-ring (bicyclic) bond motifs is 1. The highest BCUT2D eigenvalue weighted by Gasteiger charge is 2.20. The van der Waals surface area contributed by atoms with Crippen LogP contribution in [0.1, 0.15) is 37.7 Å². The van der Waals surface area contributed by atoms with Crippen molar-refractivity contribution < 1.29 is 9.53 Å². The van der Waals surface area contributed by atoms with Gasteiger partial charge in [-0.15, -0.1) is 0 Å². The summed E-state index contributed by atoms with van der Waals surface area (Å²) >= 11 is 0. The first-order valence-corrected chi connectivity index (χ1v) is 8.92. The molecule has 0 aliphatic heterocycles. The molecule has 6 heteroatoms. The number of aromatic nitrogens is 2. The summed E-state index contributed by atoms with van der Waals surface area (Å²) in [6.45, 7) is 4.04. The summed E-state index contributed by atoms with van der Waals surface area (Å²) in [5.74, 6) is 1.26. The van der Waals surface area contributed by atoms with E-state index in [1.54, 1.807) is 24.3 Å². The van der Waals surface area contributed by atoms with Gasteiger partial charge < -0.3 is 15.0 Å². The third-order valence-corrected chi connectivity index (χ3v) is 4.15. The number of carbonyl (C=O) groups excluding carboxylic acids is 1. The maximum Gasteiger partial charge on any atom is 0.258 e. The highest BCUT2D eigenvalue weighted by atomic mass is 16.5. The average Bonchev–Trinajstić information content (AvgIpc) is 3.10. The Morgan fingerprint density at radius 3 is 2.70 bits per heavy atom. The second-order valence-corrected chi connectivity index (χ2v) is 6.79. The first kappa shape index (κ1) is 18.5. The molecule has 0 aliphatic carbocycles. The SMILES string of the molecule is CC(C)CC(NC(=O)COc1ccccc1C#N)c1nc2ccccc2[nH]1. The Morgan fingerprint density at radius 2 is 1.96 bits per heavy atom. The van der Waals surface area contributed by atoms with Crippen LogP contribution in [-0.2, 0) is 4.79 Å².